The third-order valence-electron chi connectivity index (χ3n) is 6.35. The SMILES string of the molecule is Cc1ccc2c(c1)OC(C)(C)CC2NC(=O)CN(c1ccc(C(=O)N2CCOCC2)cc1)S(C)(=O)=O. The number of ether oxygens (including phenoxy) is 2. The Kier molecular flexibility index (Phi) is 7.28. The van der Waals surface area contributed by atoms with Crippen LogP contribution in [0.25, 0.3) is 0 Å². The van der Waals surface area contributed by atoms with Crippen LogP contribution in [0.15, 0.2) is 42.5 Å². The molecule has 194 valence electrons. The molecule has 1 N–H and O–H groups in total. The smallest absolute Gasteiger partial charge is 0.254 e. The second-order valence-electron chi connectivity index (χ2n) is 9.95. The Morgan fingerprint density at radius 2 is 1.78 bits per heavy atom. The molecule has 0 spiro atoms. The van der Waals surface area contributed by atoms with Crippen LogP contribution in [0.5, 0.6) is 5.75 Å². The van der Waals surface area contributed by atoms with Gasteiger partial charge in [-0.25, -0.2) is 8.42 Å². The monoisotopic (exact) mass is 515 g/mol. The molecule has 0 saturated carbocycles. The van der Waals surface area contributed by atoms with Gasteiger partial charge >= 0.3 is 0 Å². The number of rotatable bonds is 6. The van der Waals surface area contributed by atoms with Crippen LogP contribution in [0.3, 0.4) is 0 Å². The van der Waals surface area contributed by atoms with Crippen molar-refractivity contribution in [1.82, 2.24) is 10.2 Å². The Morgan fingerprint density at radius 3 is 2.42 bits per heavy atom. The number of aryl methyl sites for hydroxylation is 1. The Labute approximate surface area is 212 Å². The molecule has 1 fully saturated rings. The van der Waals surface area contributed by atoms with E-state index < -0.39 is 21.5 Å². The first kappa shape index (κ1) is 26.0. The van der Waals surface area contributed by atoms with Gasteiger partial charge in [-0.1, -0.05) is 12.1 Å². The van der Waals surface area contributed by atoms with E-state index >= 15 is 0 Å². The van der Waals surface area contributed by atoms with Crippen LogP contribution in [-0.4, -0.2) is 69.8 Å². The summed E-state index contributed by atoms with van der Waals surface area (Å²) in [5.41, 5.74) is 2.20. The predicted octanol–water partition coefficient (Wildman–Crippen LogP) is 2.65. The molecular weight excluding hydrogens is 482 g/mol. The molecule has 0 aliphatic carbocycles. The molecule has 2 amide bonds. The Bertz CT molecular complexity index is 1240. The lowest BCUT2D eigenvalue weighted by Crippen LogP contribution is -2.45. The summed E-state index contributed by atoms with van der Waals surface area (Å²) in [6.45, 7) is 7.53. The molecule has 9 nitrogen and oxygen atoms in total. The van der Waals surface area contributed by atoms with Gasteiger partial charge in [0.25, 0.3) is 5.91 Å². The summed E-state index contributed by atoms with van der Waals surface area (Å²) in [5.74, 6) is 0.157. The number of fused-ring (bicyclic) bond motifs is 1. The third kappa shape index (κ3) is 5.99. The summed E-state index contributed by atoms with van der Waals surface area (Å²) < 4.78 is 37.6. The summed E-state index contributed by atoms with van der Waals surface area (Å²) in [6.07, 6.45) is 1.61. The molecule has 1 unspecified atom stereocenters. The van der Waals surface area contributed by atoms with Gasteiger partial charge in [0, 0.05) is 30.6 Å². The molecule has 2 aliphatic rings. The molecule has 0 bridgehead atoms. The summed E-state index contributed by atoms with van der Waals surface area (Å²) in [6, 6.07) is 11.8. The van der Waals surface area contributed by atoms with Crippen molar-refractivity contribution in [3.8, 4) is 5.75 Å². The first-order valence-corrected chi connectivity index (χ1v) is 13.8. The molecule has 0 radical (unpaired) electrons. The number of hydrogen-bond donors (Lipinski definition) is 1. The number of hydrogen-bond acceptors (Lipinski definition) is 6. The van der Waals surface area contributed by atoms with Gasteiger partial charge in [-0.05, 0) is 56.7 Å². The van der Waals surface area contributed by atoms with E-state index in [2.05, 4.69) is 5.32 Å². The topological polar surface area (TPSA) is 105 Å². The number of nitrogens with zero attached hydrogens (tertiary/aromatic N) is 2. The van der Waals surface area contributed by atoms with Crippen molar-refractivity contribution in [3.63, 3.8) is 0 Å². The lowest BCUT2D eigenvalue weighted by atomic mass is 9.89. The van der Waals surface area contributed by atoms with Gasteiger partial charge in [-0.15, -0.1) is 0 Å². The maximum Gasteiger partial charge on any atom is 0.254 e. The number of amides is 2. The Morgan fingerprint density at radius 1 is 1.11 bits per heavy atom. The molecule has 0 aromatic heterocycles. The summed E-state index contributed by atoms with van der Waals surface area (Å²) in [5, 5.41) is 3.00. The number of sulfonamides is 1. The van der Waals surface area contributed by atoms with E-state index in [1.807, 2.05) is 39.0 Å². The van der Waals surface area contributed by atoms with Gasteiger partial charge < -0.3 is 19.7 Å². The molecule has 2 aromatic carbocycles. The highest BCUT2D eigenvalue weighted by Gasteiger charge is 2.35. The fourth-order valence-corrected chi connectivity index (χ4v) is 5.43. The van der Waals surface area contributed by atoms with E-state index in [-0.39, 0.29) is 18.5 Å². The van der Waals surface area contributed by atoms with Crippen LogP contribution in [-0.2, 0) is 19.6 Å². The van der Waals surface area contributed by atoms with Gasteiger partial charge in [-0.3, -0.25) is 13.9 Å². The van der Waals surface area contributed by atoms with Crippen LogP contribution >= 0.6 is 0 Å². The number of carbonyl (C=O) groups excluding carboxylic acids is 2. The van der Waals surface area contributed by atoms with Crippen molar-refractivity contribution in [2.45, 2.75) is 38.8 Å². The molecule has 4 rings (SSSR count). The van der Waals surface area contributed by atoms with E-state index in [1.54, 1.807) is 29.2 Å². The van der Waals surface area contributed by atoms with E-state index in [0.29, 0.717) is 44.0 Å². The standard InChI is InChI=1S/C26H33N3O6S/c1-18-5-10-21-22(16-26(2,3)35-23(21)15-18)27-24(30)17-29(36(4,32)33)20-8-6-19(7-9-20)25(31)28-11-13-34-14-12-28/h5-10,15,22H,11-14,16-17H2,1-4H3,(H,27,30). The predicted molar refractivity (Wildman–Crippen MR) is 137 cm³/mol. The molecule has 1 atom stereocenters. The first-order valence-electron chi connectivity index (χ1n) is 12.0. The number of morpholine rings is 1. The summed E-state index contributed by atoms with van der Waals surface area (Å²) >= 11 is 0. The minimum absolute atomic E-state index is 0.135. The average molecular weight is 516 g/mol. The van der Waals surface area contributed by atoms with Gasteiger partial charge in [0.2, 0.25) is 15.9 Å². The summed E-state index contributed by atoms with van der Waals surface area (Å²) in [4.78, 5) is 27.5. The minimum atomic E-state index is -3.76. The van der Waals surface area contributed by atoms with Crippen molar-refractivity contribution in [2.75, 3.05) is 43.4 Å². The van der Waals surface area contributed by atoms with E-state index in [4.69, 9.17) is 9.47 Å². The van der Waals surface area contributed by atoms with Gasteiger partial charge in [0.15, 0.2) is 0 Å². The van der Waals surface area contributed by atoms with Crippen molar-refractivity contribution < 1.29 is 27.5 Å². The maximum atomic E-state index is 13.1. The Hall–Kier alpha value is -3.11. The zero-order valence-corrected chi connectivity index (χ0v) is 21.9. The van der Waals surface area contributed by atoms with Crippen LogP contribution in [0.4, 0.5) is 5.69 Å². The second kappa shape index (κ2) is 10.1. The van der Waals surface area contributed by atoms with Crippen molar-refractivity contribution >= 4 is 27.5 Å². The molecule has 2 aromatic rings. The zero-order chi connectivity index (χ0) is 26.1. The van der Waals surface area contributed by atoms with Gasteiger partial charge in [0.05, 0.1) is 31.2 Å². The van der Waals surface area contributed by atoms with Crippen molar-refractivity contribution in [1.29, 1.82) is 0 Å². The lowest BCUT2D eigenvalue weighted by molar-refractivity contribution is -0.120. The second-order valence-corrected chi connectivity index (χ2v) is 11.9. The molecule has 2 aliphatic heterocycles. The normalized spacial score (nSPS) is 19.1. The molecule has 2 heterocycles. The quantitative estimate of drug-likeness (QED) is 0.634. The number of nitrogens with one attached hydrogen (secondary N) is 1. The molecule has 36 heavy (non-hydrogen) atoms. The van der Waals surface area contributed by atoms with E-state index in [9.17, 15) is 18.0 Å². The van der Waals surface area contributed by atoms with Crippen LogP contribution in [0.1, 0.15) is 47.8 Å². The van der Waals surface area contributed by atoms with Crippen molar-refractivity contribution in [3.05, 3.63) is 59.2 Å². The van der Waals surface area contributed by atoms with Crippen LogP contribution in [0.2, 0.25) is 0 Å². The molecule has 10 heteroatoms. The molecule has 1 saturated heterocycles. The van der Waals surface area contributed by atoms with E-state index in [1.165, 1.54) is 0 Å². The third-order valence-corrected chi connectivity index (χ3v) is 7.49. The summed E-state index contributed by atoms with van der Waals surface area (Å²) in [7, 11) is -3.76. The minimum Gasteiger partial charge on any atom is -0.487 e. The van der Waals surface area contributed by atoms with Gasteiger partial charge in [-0.2, -0.15) is 0 Å². The van der Waals surface area contributed by atoms with Gasteiger partial charge in [0.1, 0.15) is 17.9 Å². The maximum absolute atomic E-state index is 13.1. The zero-order valence-electron chi connectivity index (χ0n) is 21.1. The number of benzene rings is 2. The fourth-order valence-electron chi connectivity index (χ4n) is 4.58. The van der Waals surface area contributed by atoms with E-state index in [0.717, 1.165) is 27.4 Å². The highest BCUT2D eigenvalue weighted by atomic mass is 32.2. The van der Waals surface area contributed by atoms with Crippen LogP contribution < -0.4 is 14.4 Å². The average Bonchev–Trinajstić information content (AvgIpc) is 2.81. The first-order chi connectivity index (χ1) is 16.9. The van der Waals surface area contributed by atoms with Crippen molar-refractivity contribution in [2.24, 2.45) is 0 Å². The fraction of sp³-hybridized carbons (Fsp3) is 0.462. The largest absolute Gasteiger partial charge is 0.487 e. The highest BCUT2D eigenvalue weighted by molar-refractivity contribution is 7.92. The number of anilines is 1. The lowest BCUT2D eigenvalue weighted by Gasteiger charge is -2.38. The number of carbonyl (C=O) groups is 2. The highest BCUT2D eigenvalue weighted by Crippen LogP contribution is 2.39. The molecular formula is C26H33N3O6S. The van der Waals surface area contributed by atoms with Crippen LogP contribution in [0, 0.1) is 6.92 Å². The Balaban J connectivity index is 1.50.